The fourth-order valence-corrected chi connectivity index (χ4v) is 2.27. The number of hydrogen-bond acceptors (Lipinski definition) is 4. The van der Waals surface area contributed by atoms with Gasteiger partial charge < -0.3 is 5.73 Å². The lowest BCUT2D eigenvalue weighted by Gasteiger charge is -2.25. The molecule has 15 heavy (non-hydrogen) atoms. The average molecular weight is 209 g/mol. The molecule has 1 aliphatic rings. The molecule has 1 fully saturated rings. The van der Waals surface area contributed by atoms with Gasteiger partial charge in [-0.05, 0) is 35.1 Å². The summed E-state index contributed by atoms with van der Waals surface area (Å²) in [5.41, 5.74) is 5.56. The van der Waals surface area contributed by atoms with E-state index in [0.29, 0.717) is 6.54 Å². The van der Waals surface area contributed by atoms with Crippen LogP contribution in [0, 0.1) is 11.8 Å². The fraction of sp³-hybridized carbons (Fsp3) is 0.900. The molecule has 0 amide bonds. The molecular formula is C10H19N5. The number of nitrogens with two attached hydrogens (primary N) is 1. The van der Waals surface area contributed by atoms with E-state index < -0.39 is 0 Å². The lowest BCUT2D eigenvalue weighted by Crippen LogP contribution is -2.20. The van der Waals surface area contributed by atoms with E-state index in [4.69, 9.17) is 5.73 Å². The molecule has 0 saturated heterocycles. The van der Waals surface area contributed by atoms with Crippen LogP contribution in [0.1, 0.15) is 38.4 Å². The first kappa shape index (κ1) is 10.5. The summed E-state index contributed by atoms with van der Waals surface area (Å²) >= 11 is 0. The molecule has 0 aromatic carbocycles. The van der Waals surface area contributed by atoms with Gasteiger partial charge in [-0.1, -0.05) is 19.8 Å². The van der Waals surface area contributed by atoms with Crippen LogP contribution in [-0.2, 0) is 13.1 Å². The smallest absolute Gasteiger partial charge is 0.164 e. The van der Waals surface area contributed by atoms with Crippen molar-refractivity contribution in [2.75, 3.05) is 0 Å². The maximum Gasteiger partial charge on any atom is 0.164 e. The lowest BCUT2D eigenvalue weighted by atomic mass is 9.83. The van der Waals surface area contributed by atoms with Crippen LogP contribution in [0.2, 0.25) is 0 Å². The molecule has 1 aromatic rings. The van der Waals surface area contributed by atoms with E-state index in [1.54, 1.807) is 0 Å². The Bertz CT molecular complexity index is 301. The van der Waals surface area contributed by atoms with E-state index in [9.17, 15) is 0 Å². The van der Waals surface area contributed by atoms with Crippen LogP contribution < -0.4 is 5.73 Å². The summed E-state index contributed by atoms with van der Waals surface area (Å²) in [6.45, 7) is 3.70. The third-order valence-corrected chi connectivity index (χ3v) is 3.36. The fourth-order valence-electron chi connectivity index (χ4n) is 2.27. The summed E-state index contributed by atoms with van der Waals surface area (Å²) in [4.78, 5) is 0. The summed E-state index contributed by atoms with van der Waals surface area (Å²) in [6, 6.07) is 0. The van der Waals surface area contributed by atoms with Gasteiger partial charge in [0.25, 0.3) is 0 Å². The highest BCUT2D eigenvalue weighted by atomic mass is 15.5. The van der Waals surface area contributed by atoms with Crippen molar-refractivity contribution < 1.29 is 0 Å². The Hall–Kier alpha value is -0.970. The highest BCUT2D eigenvalue weighted by Gasteiger charge is 2.19. The third kappa shape index (κ3) is 2.53. The van der Waals surface area contributed by atoms with Crippen LogP contribution in [0.25, 0.3) is 0 Å². The first-order valence-corrected chi connectivity index (χ1v) is 5.74. The molecule has 5 heteroatoms. The molecule has 0 radical (unpaired) electrons. The van der Waals surface area contributed by atoms with Crippen molar-refractivity contribution in [2.45, 2.75) is 45.7 Å². The van der Waals surface area contributed by atoms with E-state index >= 15 is 0 Å². The molecule has 84 valence electrons. The Morgan fingerprint density at radius 3 is 2.73 bits per heavy atom. The molecule has 0 spiro atoms. The van der Waals surface area contributed by atoms with Gasteiger partial charge in [0.15, 0.2) is 5.82 Å². The van der Waals surface area contributed by atoms with Gasteiger partial charge >= 0.3 is 0 Å². The molecule has 0 bridgehead atoms. The van der Waals surface area contributed by atoms with Gasteiger partial charge in [-0.15, -0.1) is 5.10 Å². The van der Waals surface area contributed by atoms with Gasteiger partial charge in [-0.2, -0.15) is 0 Å². The van der Waals surface area contributed by atoms with Crippen molar-refractivity contribution in [1.82, 2.24) is 20.2 Å². The summed E-state index contributed by atoms with van der Waals surface area (Å²) in [6.07, 6.45) is 5.27. The molecule has 1 heterocycles. The zero-order chi connectivity index (χ0) is 10.7. The number of rotatable bonds is 3. The number of nitrogens with zero attached hydrogens (tertiary/aromatic N) is 4. The molecule has 1 aliphatic carbocycles. The molecule has 2 rings (SSSR count). The van der Waals surface area contributed by atoms with Gasteiger partial charge in [-0.25, -0.2) is 4.68 Å². The second-order valence-corrected chi connectivity index (χ2v) is 4.61. The Kier molecular flexibility index (Phi) is 3.30. The van der Waals surface area contributed by atoms with Gasteiger partial charge in [-0.3, -0.25) is 0 Å². The lowest BCUT2D eigenvalue weighted by molar-refractivity contribution is 0.254. The molecule has 1 saturated carbocycles. The standard InChI is InChI=1S/C10H19N5/c1-8-2-4-9(5-3-8)7-15-10(6-11)12-13-14-15/h8-9H,2-7,11H2,1H3. The third-order valence-electron chi connectivity index (χ3n) is 3.36. The molecule has 0 atom stereocenters. The van der Waals surface area contributed by atoms with E-state index in [1.165, 1.54) is 25.7 Å². The Labute approximate surface area is 90.0 Å². The zero-order valence-corrected chi connectivity index (χ0v) is 9.26. The first-order valence-electron chi connectivity index (χ1n) is 5.74. The summed E-state index contributed by atoms with van der Waals surface area (Å²) in [5, 5.41) is 11.5. The van der Waals surface area contributed by atoms with Crippen LogP contribution in [0.4, 0.5) is 0 Å². The summed E-state index contributed by atoms with van der Waals surface area (Å²) < 4.78 is 1.86. The Morgan fingerprint density at radius 2 is 2.07 bits per heavy atom. The average Bonchev–Trinajstić information content (AvgIpc) is 2.69. The van der Waals surface area contributed by atoms with Gasteiger partial charge in [0.05, 0.1) is 6.54 Å². The van der Waals surface area contributed by atoms with Crippen molar-refractivity contribution in [2.24, 2.45) is 17.6 Å². The minimum absolute atomic E-state index is 0.427. The van der Waals surface area contributed by atoms with Crippen LogP contribution >= 0.6 is 0 Å². The maximum absolute atomic E-state index is 5.56. The Balaban J connectivity index is 1.91. The predicted octanol–water partition coefficient (Wildman–Crippen LogP) is 0.958. The Morgan fingerprint density at radius 1 is 1.33 bits per heavy atom. The normalized spacial score (nSPS) is 26.8. The van der Waals surface area contributed by atoms with Crippen LogP contribution in [-0.4, -0.2) is 20.2 Å². The van der Waals surface area contributed by atoms with Crippen LogP contribution in [0.15, 0.2) is 0 Å². The van der Waals surface area contributed by atoms with Crippen LogP contribution in [0.5, 0.6) is 0 Å². The van der Waals surface area contributed by atoms with E-state index in [-0.39, 0.29) is 0 Å². The van der Waals surface area contributed by atoms with E-state index in [0.717, 1.165) is 24.2 Å². The summed E-state index contributed by atoms with van der Waals surface area (Å²) in [5.74, 6) is 2.42. The van der Waals surface area contributed by atoms with Gasteiger partial charge in [0, 0.05) is 6.54 Å². The van der Waals surface area contributed by atoms with Crippen molar-refractivity contribution in [3.05, 3.63) is 5.82 Å². The quantitative estimate of drug-likeness (QED) is 0.805. The first-order chi connectivity index (χ1) is 7.29. The molecular weight excluding hydrogens is 190 g/mol. The second kappa shape index (κ2) is 4.70. The summed E-state index contributed by atoms with van der Waals surface area (Å²) in [7, 11) is 0. The number of tetrazole rings is 1. The highest BCUT2D eigenvalue weighted by molar-refractivity contribution is 4.80. The monoisotopic (exact) mass is 209 g/mol. The van der Waals surface area contributed by atoms with E-state index in [2.05, 4.69) is 22.4 Å². The number of hydrogen-bond donors (Lipinski definition) is 1. The minimum atomic E-state index is 0.427. The largest absolute Gasteiger partial charge is 0.324 e. The van der Waals surface area contributed by atoms with Crippen molar-refractivity contribution in [3.8, 4) is 0 Å². The minimum Gasteiger partial charge on any atom is -0.324 e. The second-order valence-electron chi connectivity index (χ2n) is 4.61. The molecule has 1 aromatic heterocycles. The molecule has 5 nitrogen and oxygen atoms in total. The molecule has 0 unspecified atom stereocenters. The maximum atomic E-state index is 5.56. The topological polar surface area (TPSA) is 69.6 Å². The number of aromatic nitrogens is 4. The van der Waals surface area contributed by atoms with Crippen molar-refractivity contribution in [3.63, 3.8) is 0 Å². The van der Waals surface area contributed by atoms with Crippen molar-refractivity contribution in [1.29, 1.82) is 0 Å². The SMILES string of the molecule is CC1CCC(Cn2nnnc2CN)CC1. The van der Waals surface area contributed by atoms with Crippen molar-refractivity contribution >= 4 is 0 Å². The van der Waals surface area contributed by atoms with Crippen LogP contribution in [0.3, 0.4) is 0 Å². The zero-order valence-electron chi connectivity index (χ0n) is 9.26. The molecule has 2 N–H and O–H groups in total. The predicted molar refractivity (Wildman–Crippen MR) is 56.8 cm³/mol. The van der Waals surface area contributed by atoms with Gasteiger partial charge in [0.2, 0.25) is 0 Å². The molecule has 0 aliphatic heterocycles. The van der Waals surface area contributed by atoms with Gasteiger partial charge in [0.1, 0.15) is 0 Å². The highest BCUT2D eigenvalue weighted by Crippen LogP contribution is 2.29. The van der Waals surface area contributed by atoms with E-state index in [1.807, 2.05) is 4.68 Å².